The Morgan fingerprint density at radius 1 is 1.05 bits per heavy atom. The zero-order valence-corrected chi connectivity index (χ0v) is 11.6. The smallest absolute Gasteiger partial charge is 0.0994 e. The average molecular weight is 250 g/mol. The first-order valence-electron chi connectivity index (χ1n) is 6.48. The molecule has 0 amide bonds. The van der Waals surface area contributed by atoms with Crippen molar-refractivity contribution in [1.82, 2.24) is 0 Å². The van der Waals surface area contributed by atoms with E-state index in [1.54, 1.807) is 0 Å². The van der Waals surface area contributed by atoms with Crippen molar-refractivity contribution < 1.29 is 0 Å². The summed E-state index contributed by atoms with van der Waals surface area (Å²) in [4.78, 5) is 0. The number of hydrogen-bond acceptors (Lipinski definition) is 2. The molecular formula is C17H18N2. The molecule has 2 aromatic carbocycles. The van der Waals surface area contributed by atoms with Crippen molar-refractivity contribution in [2.24, 2.45) is 0 Å². The molecule has 0 aliphatic rings. The third kappa shape index (κ3) is 3.14. The lowest BCUT2D eigenvalue weighted by Gasteiger charge is -2.11. The SMILES string of the molecule is Cc1cc(Nc2cccc(C(C)C)c2)ccc1C#N. The number of anilines is 2. The van der Waals surface area contributed by atoms with Gasteiger partial charge in [0.25, 0.3) is 0 Å². The van der Waals surface area contributed by atoms with Gasteiger partial charge >= 0.3 is 0 Å². The molecule has 0 aliphatic carbocycles. The summed E-state index contributed by atoms with van der Waals surface area (Å²) in [5.41, 5.74) is 5.12. The molecule has 96 valence electrons. The van der Waals surface area contributed by atoms with Gasteiger partial charge in [0.15, 0.2) is 0 Å². The molecule has 0 unspecified atom stereocenters. The predicted octanol–water partition coefficient (Wildman–Crippen LogP) is 4.73. The maximum atomic E-state index is 8.93. The van der Waals surface area contributed by atoms with Gasteiger partial charge in [-0.3, -0.25) is 0 Å². The van der Waals surface area contributed by atoms with Crippen LogP contribution in [0.5, 0.6) is 0 Å². The monoisotopic (exact) mass is 250 g/mol. The summed E-state index contributed by atoms with van der Waals surface area (Å²) in [6.07, 6.45) is 0. The Labute approximate surface area is 114 Å². The minimum atomic E-state index is 0.518. The van der Waals surface area contributed by atoms with E-state index in [0.29, 0.717) is 5.92 Å². The number of rotatable bonds is 3. The molecule has 2 nitrogen and oxygen atoms in total. The van der Waals surface area contributed by atoms with E-state index in [-0.39, 0.29) is 0 Å². The maximum absolute atomic E-state index is 8.93. The summed E-state index contributed by atoms with van der Waals surface area (Å²) in [5, 5.41) is 12.3. The van der Waals surface area contributed by atoms with Crippen LogP contribution in [-0.2, 0) is 0 Å². The van der Waals surface area contributed by atoms with E-state index in [1.165, 1.54) is 5.56 Å². The van der Waals surface area contributed by atoms with E-state index >= 15 is 0 Å². The fraction of sp³-hybridized carbons (Fsp3) is 0.235. The van der Waals surface area contributed by atoms with E-state index in [2.05, 4.69) is 49.5 Å². The van der Waals surface area contributed by atoms with Gasteiger partial charge in [-0.1, -0.05) is 26.0 Å². The third-order valence-electron chi connectivity index (χ3n) is 3.19. The number of nitrogens with one attached hydrogen (secondary N) is 1. The van der Waals surface area contributed by atoms with Crippen LogP contribution in [0.3, 0.4) is 0 Å². The highest BCUT2D eigenvalue weighted by atomic mass is 14.9. The molecule has 0 spiro atoms. The minimum absolute atomic E-state index is 0.518. The molecule has 0 aromatic heterocycles. The number of hydrogen-bond donors (Lipinski definition) is 1. The van der Waals surface area contributed by atoms with E-state index in [0.717, 1.165) is 22.5 Å². The summed E-state index contributed by atoms with van der Waals surface area (Å²) in [6.45, 7) is 6.32. The lowest BCUT2D eigenvalue weighted by atomic mass is 10.0. The largest absolute Gasteiger partial charge is 0.356 e. The lowest BCUT2D eigenvalue weighted by Crippen LogP contribution is -1.94. The summed E-state index contributed by atoms with van der Waals surface area (Å²) < 4.78 is 0. The van der Waals surface area contributed by atoms with Crippen molar-refractivity contribution in [3.8, 4) is 6.07 Å². The first-order valence-corrected chi connectivity index (χ1v) is 6.48. The third-order valence-corrected chi connectivity index (χ3v) is 3.19. The second-order valence-electron chi connectivity index (χ2n) is 5.05. The van der Waals surface area contributed by atoms with Crippen molar-refractivity contribution in [1.29, 1.82) is 5.26 Å². The van der Waals surface area contributed by atoms with Crippen LogP contribution in [0.15, 0.2) is 42.5 Å². The van der Waals surface area contributed by atoms with Crippen LogP contribution < -0.4 is 5.32 Å². The summed E-state index contributed by atoms with van der Waals surface area (Å²) >= 11 is 0. The average Bonchev–Trinajstić information content (AvgIpc) is 2.39. The van der Waals surface area contributed by atoms with E-state index in [1.807, 2.05) is 25.1 Å². The molecule has 0 fully saturated rings. The van der Waals surface area contributed by atoms with Crippen LogP contribution >= 0.6 is 0 Å². The van der Waals surface area contributed by atoms with E-state index in [9.17, 15) is 0 Å². The van der Waals surface area contributed by atoms with Crippen LogP contribution in [0.1, 0.15) is 36.5 Å². The normalized spacial score (nSPS) is 10.3. The minimum Gasteiger partial charge on any atom is -0.356 e. The molecule has 2 aromatic rings. The van der Waals surface area contributed by atoms with Gasteiger partial charge in [-0.15, -0.1) is 0 Å². The molecule has 0 bridgehead atoms. The summed E-state index contributed by atoms with van der Waals surface area (Å²) in [6, 6.07) is 16.4. The van der Waals surface area contributed by atoms with Crippen molar-refractivity contribution in [3.05, 3.63) is 59.2 Å². The molecule has 0 atom stereocenters. The molecule has 0 aliphatic heterocycles. The Hall–Kier alpha value is -2.27. The topological polar surface area (TPSA) is 35.8 Å². The van der Waals surface area contributed by atoms with Crippen molar-refractivity contribution in [2.75, 3.05) is 5.32 Å². The second kappa shape index (κ2) is 5.58. The Balaban J connectivity index is 2.24. The summed E-state index contributed by atoms with van der Waals surface area (Å²) in [5.74, 6) is 0.518. The highest BCUT2D eigenvalue weighted by Gasteiger charge is 2.02. The van der Waals surface area contributed by atoms with Gasteiger partial charge in [0, 0.05) is 11.4 Å². The number of nitriles is 1. The first kappa shape index (κ1) is 13.2. The highest BCUT2D eigenvalue weighted by Crippen LogP contribution is 2.23. The molecule has 0 radical (unpaired) electrons. The standard InChI is InChI=1S/C17H18N2/c1-12(2)14-5-4-6-16(10-14)19-17-8-7-15(11-18)13(3)9-17/h4-10,12,19H,1-3H3. The van der Waals surface area contributed by atoms with Crippen molar-refractivity contribution in [3.63, 3.8) is 0 Å². The quantitative estimate of drug-likeness (QED) is 0.854. The summed E-state index contributed by atoms with van der Waals surface area (Å²) in [7, 11) is 0. The Morgan fingerprint density at radius 3 is 2.42 bits per heavy atom. The fourth-order valence-electron chi connectivity index (χ4n) is 2.01. The molecule has 0 saturated carbocycles. The number of aryl methyl sites for hydroxylation is 1. The van der Waals surface area contributed by atoms with Crippen LogP contribution in [0, 0.1) is 18.3 Å². The second-order valence-corrected chi connectivity index (χ2v) is 5.05. The fourth-order valence-corrected chi connectivity index (χ4v) is 2.01. The van der Waals surface area contributed by atoms with E-state index < -0.39 is 0 Å². The van der Waals surface area contributed by atoms with E-state index in [4.69, 9.17) is 5.26 Å². The Kier molecular flexibility index (Phi) is 3.87. The predicted molar refractivity (Wildman–Crippen MR) is 79.7 cm³/mol. The molecule has 2 heteroatoms. The van der Waals surface area contributed by atoms with Gasteiger partial charge in [0.1, 0.15) is 0 Å². The van der Waals surface area contributed by atoms with Gasteiger partial charge in [-0.05, 0) is 54.3 Å². The van der Waals surface area contributed by atoms with Gasteiger partial charge in [-0.2, -0.15) is 5.26 Å². The number of benzene rings is 2. The highest BCUT2D eigenvalue weighted by molar-refractivity contribution is 5.62. The molecule has 19 heavy (non-hydrogen) atoms. The number of nitrogens with zero attached hydrogens (tertiary/aromatic N) is 1. The molecule has 1 N–H and O–H groups in total. The van der Waals surface area contributed by atoms with Gasteiger partial charge < -0.3 is 5.32 Å². The van der Waals surface area contributed by atoms with Crippen LogP contribution in [0.25, 0.3) is 0 Å². The van der Waals surface area contributed by atoms with Crippen LogP contribution in [0.2, 0.25) is 0 Å². The lowest BCUT2D eigenvalue weighted by molar-refractivity contribution is 0.867. The van der Waals surface area contributed by atoms with Gasteiger partial charge in [0.05, 0.1) is 11.6 Å². The Morgan fingerprint density at radius 2 is 1.79 bits per heavy atom. The zero-order chi connectivity index (χ0) is 13.8. The van der Waals surface area contributed by atoms with Gasteiger partial charge in [-0.25, -0.2) is 0 Å². The Bertz CT molecular complexity index is 621. The maximum Gasteiger partial charge on any atom is 0.0994 e. The van der Waals surface area contributed by atoms with Crippen molar-refractivity contribution in [2.45, 2.75) is 26.7 Å². The first-order chi connectivity index (χ1) is 9.10. The van der Waals surface area contributed by atoms with Crippen molar-refractivity contribution >= 4 is 11.4 Å². The molecule has 0 saturated heterocycles. The molecular weight excluding hydrogens is 232 g/mol. The zero-order valence-electron chi connectivity index (χ0n) is 11.6. The molecule has 2 rings (SSSR count). The van der Waals surface area contributed by atoms with Crippen LogP contribution in [0.4, 0.5) is 11.4 Å². The van der Waals surface area contributed by atoms with Gasteiger partial charge in [0.2, 0.25) is 0 Å². The molecule has 0 heterocycles. The van der Waals surface area contributed by atoms with Crippen LogP contribution in [-0.4, -0.2) is 0 Å².